The first kappa shape index (κ1) is 20.1. The largest absolute Gasteiger partial charge is 2.00 e. The molecule has 4 rings (SSSR count). The van der Waals surface area contributed by atoms with Crippen molar-refractivity contribution >= 4 is 0 Å². The van der Waals surface area contributed by atoms with E-state index in [2.05, 4.69) is 22.1 Å². The Hall–Kier alpha value is -2.65. The van der Waals surface area contributed by atoms with Gasteiger partial charge in [-0.1, -0.05) is 23.9 Å². The molecule has 0 aliphatic carbocycles. The van der Waals surface area contributed by atoms with E-state index in [0.717, 1.165) is 17.1 Å². The van der Waals surface area contributed by atoms with Crippen molar-refractivity contribution in [1.29, 1.82) is 0 Å². The summed E-state index contributed by atoms with van der Waals surface area (Å²) in [7, 11) is 0. The van der Waals surface area contributed by atoms with Crippen molar-refractivity contribution in [3.8, 4) is 16.9 Å². The van der Waals surface area contributed by atoms with Crippen LogP contribution in [-0.2, 0) is 26.5 Å². The van der Waals surface area contributed by atoms with Gasteiger partial charge in [-0.2, -0.15) is 29.4 Å². The number of aromatic nitrogens is 4. The van der Waals surface area contributed by atoms with Crippen molar-refractivity contribution in [2.24, 2.45) is 0 Å². The molecule has 142 valence electrons. The molecule has 0 N–H and O–H groups in total. The Balaban J connectivity index is 0.00000225. The van der Waals surface area contributed by atoms with Crippen LogP contribution in [0.25, 0.3) is 16.9 Å². The monoisotopic (exact) mass is 551 g/mol. The van der Waals surface area contributed by atoms with Crippen LogP contribution in [0.2, 0.25) is 0 Å². The van der Waals surface area contributed by atoms with E-state index >= 15 is 0 Å². The second-order valence-electron chi connectivity index (χ2n) is 6.68. The minimum absolute atomic E-state index is 0. The maximum Gasteiger partial charge on any atom is 2.00 e. The summed E-state index contributed by atoms with van der Waals surface area (Å²) in [4.78, 5) is 8.35. The van der Waals surface area contributed by atoms with Crippen LogP contribution in [0.1, 0.15) is 25.2 Å². The van der Waals surface area contributed by atoms with Crippen LogP contribution in [0.3, 0.4) is 0 Å². The maximum atomic E-state index is 14.0. The quantitative estimate of drug-likeness (QED) is 0.279. The molecule has 6 heteroatoms. The first-order valence-corrected chi connectivity index (χ1v) is 8.59. The minimum Gasteiger partial charge on any atom is -0.326 e. The number of pyridine rings is 2. The zero-order valence-electron chi connectivity index (χ0n) is 15.3. The molecule has 0 fully saturated rings. The Kier molecular flexibility index (Phi) is 5.85. The van der Waals surface area contributed by atoms with E-state index in [1.807, 2.05) is 62.5 Å². The van der Waals surface area contributed by atoms with Crippen molar-refractivity contribution < 1.29 is 25.5 Å². The number of nitrogens with zero attached hydrogens (tertiary/aromatic N) is 4. The Bertz CT molecular complexity index is 1080. The second-order valence-corrected chi connectivity index (χ2v) is 6.68. The first-order chi connectivity index (χ1) is 13.1. The van der Waals surface area contributed by atoms with E-state index in [-0.39, 0.29) is 26.6 Å². The molecule has 0 aliphatic heterocycles. The van der Waals surface area contributed by atoms with Gasteiger partial charge in [-0.3, -0.25) is 4.68 Å². The summed E-state index contributed by atoms with van der Waals surface area (Å²) in [6, 6.07) is 22.8. The average molecular weight is 551 g/mol. The number of para-hydroxylation sites is 1. The van der Waals surface area contributed by atoms with Gasteiger partial charge < -0.3 is 9.97 Å². The van der Waals surface area contributed by atoms with Crippen LogP contribution in [0.15, 0.2) is 67.0 Å². The van der Waals surface area contributed by atoms with E-state index in [0.29, 0.717) is 5.69 Å². The van der Waals surface area contributed by atoms with E-state index in [1.165, 1.54) is 6.20 Å². The molecule has 0 saturated carbocycles. The normalized spacial score (nSPS) is 11.1. The van der Waals surface area contributed by atoms with E-state index < -0.39 is 11.4 Å². The molecular formula is C22H17FN4Pt. The topological polar surface area (TPSA) is 43.6 Å². The summed E-state index contributed by atoms with van der Waals surface area (Å²) in [6.07, 6.45) is 3.28. The Morgan fingerprint density at radius 3 is 2.57 bits per heavy atom. The molecule has 0 amide bonds. The van der Waals surface area contributed by atoms with E-state index in [9.17, 15) is 4.39 Å². The van der Waals surface area contributed by atoms with Crippen LogP contribution in [0.4, 0.5) is 4.39 Å². The molecular weight excluding hydrogens is 534 g/mol. The van der Waals surface area contributed by atoms with Crippen molar-refractivity contribution in [1.82, 2.24) is 19.7 Å². The van der Waals surface area contributed by atoms with Crippen molar-refractivity contribution in [3.05, 3.63) is 96.5 Å². The summed E-state index contributed by atoms with van der Waals surface area (Å²) in [6.45, 7) is 4.09. The second kappa shape index (κ2) is 8.15. The third-order valence-electron chi connectivity index (χ3n) is 4.51. The third-order valence-corrected chi connectivity index (χ3v) is 4.51. The smallest absolute Gasteiger partial charge is 0.326 e. The van der Waals surface area contributed by atoms with E-state index in [1.54, 1.807) is 16.8 Å². The molecule has 0 spiro atoms. The van der Waals surface area contributed by atoms with Crippen molar-refractivity contribution in [2.75, 3.05) is 0 Å². The van der Waals surface area contributed by atoms with Gasteiger partial charge in [-0.05, 0) is 37.4 Å². The fraction of sp³-hybridized carbons (Fsp3) is 0.136. The minimum atomic E-state index is -0.580. The van der Waals surface area contributed by atoms with Gasteiger partial charge >= 0.3 is 21.1 Å². The Labute approximate surface area is 177 Å². The molecule has 28 heavy (non-hydrogen) atoms. The standard InChI is InChI=1S/C22H17FN4.Pt/c1-22(2,20-13-15-27(26-20)16-8-4-3-5-9-16)19-12-6-11-18(25-19)17-10-7-14-24-21(17)23;/h3-8,11-15H,1-2H3;/q-2;+2. The predicted molar refractivity (Wildman–Crippen MR) is 101 cm³/mol. The molecule has 0 bridgehead atoms. The summed E-state index contributed by atoms with van der Waals surface area (Å²) in [5.41, 5.74) is 2.82. The number of hydrogen-bond donors (Lipinski definition) is 0. The molecule has 0 aliphatic rings. The molecule has 0 radical (unpaired) electrons. The van der Waals surface area contributed by atoms with Crippen molar-refractivity contribution in [3.63, 3.8) is 0 Å². The summed E-state index contributed by atoms with van der Waals surface area (Å²) in [5, 5.41) is 4.70. The van der Waals surface area contributed by atoms with Gasteiger partial charge in [0.25, 0.3) is 0 Å². The molecule has 3 aromatic heterocycles. The van der Waals surface area contributed by atoms with Crippen LogP contribution >= 0.6 is 0 Å². The van der Waals surface area contributed by atoms with Crippen LogP contribution < -0.4 is 0 Å². The fourth-order valence-electron chi connectivity index (χ4n) is 2.90. The van der Waals surface area contributed by atoms with Gasteiger partial charge in [-0.25, -0.2) is 4.39 Å². The first-order valence-electron chi connectivity index (χ1n) is 8.59. The fourth-order valence-corrected chi connectivity index (χ4v) is 2.90. The Morgan fingerprint density at radius 1 is 0.964 bits per heavy atom. The van der Waals surface area contributed by atoms with Gasteiger partial charge in [0.05, 0.1) is 11.1 Å². The number of benzene rings is 1. The number of halogens is 1. The zero-order chi connectivity index (χ0) is 18.9. The molecule has 0 unspecified atom stereocenters. The number of hydrogen-bond acceptors (Lipinski definition) is 3. The van der Waals surface area contributed by atoms with Crippen molar-refractivity contribution in [2.45, 2.75) is 19.3 Å². The molecule has 0 atom stereocenters. The van der Waals surface area contributed by atoms with E-state index in [4.69, 9.17) is 5.10 Å². The van der Waals surface area contributed by atoms with Gasteiger partial charge in [0.15, 0.2) is 0 Å². The zero-order valence-corrected chi connectivity index (χ0v) is 17.6. The Morgan fingerprint density at radius 2 is 1.82 bits per heavy atom. The summed E-state index contributed by atoms with van der Waals surface area (Å²) < 4.78 is 15.8. The molecule has 4 nitrogen and oxygen atoms in total. The van der Waals surface area contributed by atoms with Gasteiger partial charge in [0, 0.05) is 11.9 Å². The molecule has 1 aromatic carbocycles. The molecule has 3 heterocycles. The summed E-state index contributed by atoms with van der Waals surface area (Å²) in [5.74, 6) is -0.580. The van der Waals surface area contributed by atoms with Crippen LogP contribution in [-0.4, -0.2) is 19.7 Å². The van der Waals surface area contributed by atoms with Gasteiger partial charge in [0.2, 0.25) is 0 Å². The third kappa shape index (κ3) is 3.81. The average Bonchev–Trinajstić information content (AvgIpc) is 3.20. The maximum absolute atomic E-state index is 14.0. The summed E-state index contributed by atoms with van der Waals surface area (Å²) >= 11 is 0. The van der Waals surface area contributed by atoms with Gasteiger partial charge in [-0.15, -0.1) is 18.2 Å². The number of rotatable bonds is 4. The van der Waals surface area contributed by atoms with Crippen LogP contribution in [0, 0.1) is 18.1 Å². The molecule has 0 saturated heterocycles. The SMILES string of the molecule is CC(C)(c1cccc(-c2[c-]ccnc2F)n1)c1ccn(-c2[c-]cccc2)n1.[Pt+2]. The van der Waals surface area contributed by atoms with Crippen LogP contribution in [0.5, 0.6) is 0 Å². The van der Waals surface area contributed by atoms with Gasteiger partial charge in [0.1, 0.15) is 5.95 Å². The predicted octanol–water partition coefficient (Wildman–Crippen LogP) is 4.39. The molecule has 4 aromatic rings.